The van der Waals surface area contributed by atoms with Crippen molar-refractivity contribution in [2.24, 2.45) is 0 Å². The van der Waals surface area contributed by atoms with Crippen molar-refractivity contribution < 1.29 is 0 Å². The van der Waals surface area contributed by atoms with Crippen LogP contribution in [0.25, 0.3) is 0 Å². The molecule has 0 unspecified atom stereocenters. The molecule has 2 rings (SSSR count). The third-order valence-corrected chi connectivity index (χ3v) is 3.94. The van der Waals surface area contributed by atoms with E-state index in [0.29, 0.717) is 5.88 Å². The second-order valence-corrected chi connectivity index (χ2v) is 5.82. The van der Waals surface area contributed by atoms with Crippen molar-refractivity contribution in [2.45, 2.75) is 18.5 Å². The van der Waals surface area contributed by atoms with E-state index in [1.54, 1.807) is 0 Å². The fourth-order valence-electron chi connectivity index (χ4n) is 2.20. The highest BCUT2D eigenvalue weighted by Gasteiger charge is 2.12. The predicted octanol–water partition coefficient (Wildman–Crippen LogP) is 4.54. The molecule has 0 amide bonds. The zero-order chi connectivity index (χ0) is 14.2. The van der Waals surface area contributed by atoms with E-state index in [1.165, 1.54) is 11.1 Å². The molecule has 2 aromatic carbocycles. The van der Waals surface area contributed by atoms with Crippen LogP contribution in [0.2, 0.25) is 0 Å². The smallest absolute Gasteiger partial charge is 0.0598 e. The molecular formula is C17H19Cl2N. The normalized spacial score (nSPS) is 12.6. The van der Waals surface area contributed by atoms with Gasteiger partial charge in [-0.2, -0.15) is 0 Å². The van der Waals surface area contributed by atoms with E-state index in [0.717, 1.165) is 19.6 Å². The number of halogens is 2. The van der Waals surface area contributed by atoms with Crippen molar-refractivity contribution in [3.63, 3.8) is 0 Å². The maximum atomic E-state index is 6.22. The molecule has 1 nitrogen and oxygen atoms in total. The van der Waals surface area contributed by atoms with Gasteiger partial charge in [-0.25, -0.2) is 0 Å². The Labute approximate surface area is 131 Å². The lowest BCUT2D eigenvalue weighted by molar-refractivity contribution is 0.260. The molecule has 0 radical (unpaired) electrons. The van der Waals surface area contributed by atoms with Crippen LogP contribution in [0.1, 0.15) is 11.1 Å². The number of alkyl halides is 2. The van der Waals surface area contributed by atoms with Gasteiger partial charge in [-0.05, 0) is 11.1 Å². The van der Waals surface area contributed by atoms with Crippen molar-refractivity contribution in [1.29, 1.82) is 0 Å². The van der Waals surface area contributed by atoms with Gasteiger partial charge >= 0.3 is 0 Å². The Kier molecular flexibility index (Phi) is 6.38. The Morgan fingerprint density at radius 2 is 1.25 bits per heavy atom. The molecule has 0 aromatic heterocycles. The zero-order valence-electron chi connectivity index (χ0n) is 11.4. The third-order valence-electron chi connectivity index (χ3n) is 3.12. The average Bonchev–Trinajstić information content (AvgIpc) is 2.49. The minimum absolute atomic E-state index is 0.0240. The van der Waals surface area contributed by atoms with Crippen LogP contribution in [0.3, 0.4) is 0 Å². The van der Waals surface area contributed by atoms with Crippen LogP contribution in [-0.2, 0) is 13.1 Å². The molecule has 2 aromatic rings. The summed E-state index contributed by atoms with van der Waals surface area (Å²) in [4.78, 5) is 2.34. The highest BCUT2D eigenvalue weighted by atomic mass is 35.5. The number of hydrogen-bond donors (Lipinski definition) is 0. The zero-order valence-corrected chi connectivity index (χ0v) is 12.9. The lowest BCUT2D eigenvalue weighted by Crippen LogP contribution is -2.30. The topological polar surface area (TPSA) is 3.24 Å². The van der Waals surface area contributed by atoms with Crippen LogP contribution in [0.15, 0.2) is 60.7 Å². The molecule has 20 heavy (non-hydrogen) atoms. The molecule has 0 saturated carbocycles. The Morgan fingerprint density at radius 1 is 0.800 bits per heavy atom. The highest BCUT2D eigenvalue weighted by Crippen LogP contribution is 2.12. The summed E-state index contributed by atoms with van der Waals surface area (Å²) in [5.74, 6) is 0.474. The standard InChI is InChI=1S/C17H19Cl2N/c18-11-17(19)14-20(12-15-7-3-1-4-8-15)13-16-9-5-2-6-10-16/h1-10,17H,11-14H2/t17-/m0/s1. The highest BCUT2D eigenvalue weighted by molar-refractivity contribution is 6.28. The SMILES string of the molecule is ClC[C@H](Cl)CN(Cc1ccccc1)Cc1ccccc1. The molecule has 0 aliphatic rings. The number of benzene rings is 2. The molecule has 0 fully saturated rings. The monoisotopic (exact) mass is 307 g/mol. The summed E-state index contributed by atoms with van der Waals surface area (Å²) in [6.45, 7) is 2.56. The van der Waals surface area contributed by atoms with Crippen LogP contribution in [0, 0.1) is 0 Å². The van der Waals surface area contributed by atoms with E-state index in [2.05, 4.69) is 53.4 Å². The summed E-state index contributed by atoms with van der Waals surface area (Å²) < 4.78 is 0. The lowest BCUT2D eigenvalue weighted by atomic mass is 10.1. The first-order chi connectivity index (χ1) is 9.78. The van der Waals surface area contributed by atoms with Gasteiger partial charge < -0.3 is 0 Å². The van der Waals surface area contributed by atoms with E-state index >= 15 is 0 Å². The van der Waals surface area contributed by atoms with Gasteiger partial charge in [0.1, 0.15) is 0 Å². The van der Waals surface area contributed by atoms with Crippen molar-refractivity contribution in [3.8, 4) is 0 Å². The first kappa shape index (κ1) is 15.4. The van der Waals surface area contributed by atoms with Crippen LogP contribution in [0.4, 0.5) is 0 Å². The maximum Gasteiger partial charge on any atom is 0.0598 e. The van der Waals surface area contributed by atoms with Gasteiger partial charge in [0.2, 0.25) is 0 Å². The first-order valence-electron chi connectivity index (χ1n) is 6.78. The lowest BCUT2D eigenvalue weighted by Gasteiger charge is -2.24. The number of rotatable bonds is 7. The van der Waals surface area contributed by atoms with Crippen molar-refractivity contribution >= 4 is 23.2 Å². The summed E-state index contributed by atoms with van der Waals surface area (Å²) in [6, 6.07) is 20.9. The van der Waals surface area contributed by atoms with Crippen molar-refractivity contribution in [3.05, 3.63) is 71.8 Å². The minimum atomic E-state index is -0.0240. The van der Waals surface area contributed by atoms with Crippen LogP contribution in [-0.4, -0.2) is 22.7 Å². The van der Waals surface area contributed by atoms with E-state index in [1.807, 2.05) is 12.1 Å². The molecule has 0 heterocycles. The molecule has 0 bridgehead atoms. The van der Waals surface area contributed by atoms with Crippen molar-refractivity contribution in [1.82, 2.24) is 4.90 Å². The Balaban J connectivity index is 2.04. The van der Waals surface area contributed by atoms with Gasteiger partial charge in [0.15, 0.2) is 0 Å². The fraction of sp³-hybridized carbons (Fsp3) is 0.294. The average molecular weight is 308 g/mol. The Hall–Kier alpha value is -1.02. The molecule has 0 aliphatic carbocycles. The second kappa shape index (κ2) is 8.31. The van der Waals surface area contributed by atoms with Gasteiger partial charge in [-0.15, -0.1) is 23.2 Å². The van der Waals surface area contributed by atoms with Crippen LogP contribution >= 0.6 is 23.2 Å². The Morgan fingerprint density at radius 3 is 1.65 bits per heavy atom. The Bertz CT molecular complexity index is 445. The summed E-state index contributed by atoms with van der Waals surface area (Å²) in [5.41, 5.74) is 2.59. The summed E-state index contributed by atoms with van der Waals surface area (Å²) >= 11 is 12.1. The van der Waals surface area contributed by atoms with E-state index in [9.17, 15) is 0 Å². The van der Waals surface area contributed by atoms with Crippen molar-refractivity contribution in [2.75, 3.05) is 12.4 Å². The van der Waals surface area contributed by atoms with E-state index in [-0.39, 0.29) is 5.38 Å². The number of nitrogens with zero attached hydrogens (tertiary/aromatic N) is 1. The first-order valence-corrected chi connectivity index (χ1v) is 7.75. The third kappa shape index (κ3) is 5.16. The summed E-state index contributed by atoms with van der Waals surface area (Å²) in [6.07, 6.45) is 0. The molecule has 0 aliphatic heterocycles. The summed E-state index contributed by atoms with van der Waals surface area (Å²) in [5, 5.41) is -0.0240. The number of hydrogen-bond acceptors (Lipinski definition) is 1. The van der Waals surface area contributed by atoms with E-state index in [4.69, 9.17) is 23.2 Å². The quantitative estimate of drug-likeness (QED) is 0.679. The largest absolute Gasteiger partial charge is 0.293 e. The molecule has 3 heteroatoms. The molecule has 1 atom stereocenters. The van der Waals surface area contributed by atoms with Gasteiger partial charge in [-0.1, -0.05) is 60.7 Å². The maximum absolute atomic E-state index is 6.22. The predicted molar refractivity (Wildman–Crippen MR) is 87.4 cm³/mol. The molecular weight excluding hydrogens is 289 g/mol. The molecule has 0 saturated heterocycles. The van der Waals surface area contributed by atoms with Crippen LogP contribution < -0.4 is 0 Å². The van der Waals surface area contributed by atoms with Crippen LogP contribution in [0.5, 0.6) is 0 Å². The van der Waals surface area contributed by atoms with Gasteiger partial charge in [-0.3, -0.25) is 4.90 Å². The molecule has 0 spiro atoms. The molecule has 0 N–H and O–H groups in total. The van der Waals surface area contributed by atoms with Gasteiger partial charge in [0, 0.05) is 25.5 Å². The molecule has 106 valence electrons. The second-order valence-electron chi connectivity index (χ2n) is 4.89. The minimum Gasteiger partial charge on any atom is -0.293 e. The van der Waals surface area contributed by atoms with E-state index < -0.39 is 0 Å². The fourth-order valence-corrected chi connectivity index (χ4v) is 2.49. The van der Waals surface area contributed by atoms with Gasteiger partial charge in [0.05, 0.1) is 5.38 Å². The summed E-state index contributed by atoms with van der Waals surface area (Å²) in [7, 11) is 0. The van der Waals surface area contributed by atoms with Gasteiger partial charge in [0.25, 0.3) is 0 Å².